The zero-order valence-electron chi connectivity index (χ0n) is 12.7. The highest BCUT2D eigenvalue weighted by Gasteiger charge is 2.26. The molecular weight excluding hydrogens is 254 g/mol. The third-order valence-corrected chi connectivity index (χ3v) is 3.74. The summed E-state index contributed by atoms with van der Waals surface area (Å²) < 4.78 is 5.52. The molecule has 20 heavy (non-hydrogen) atoms. The van der Waals surface area contributed by atoms with E-state index in [1.54, 1.807) is 4.90 Å². The topological polar surface area (TPSA) is 48.7 Å². The van der Waals surface area contributed by atoms with E-state index in [4.69, 9.17) is 4.42 Å². The zero-order chi connectivity index (χ0) is 14.5. The van der Waals surface area contributed by atoms with E-state index >= 15 is 0 Å². The summed E-state index contributed by atoms with van der Waals surface area (Å²) >= 11 is 0. The predicted molar refractivity (Wildman–Crippen MR) is 78.4 cm³/mol. The van der Waals surface area contributed by atoms with E-state index < -0.39 is 0 Å². The lowest BCUT2D eigenvalue weighted by atomic mass is 10.1. The molecule has 0 unspecified atom stereocenters. The van der Waals surface area contributed by atoms with Crippen LogP contribution in [-0.2, 0) is 11.3 Å². The minimum atomic E-state index is 0.152. The first-order valence-corrected chi connectivity index (χ1v) is 7.34. The number of hydrogen-bond acceptors (Lipinski definition) is 4. The zero-order valence-corrected chi connectivity index (χ0v) is 12.7. The van der Waals surface area contributed by atoms with Crippen LogP contribution in [0.15, 0.2) is 16.5 Å². The first-order valence-electron chi connectivity index (χ1n) is 7.34. The Hall–Kier alpha value is -1.33. The van der Waals surface area contributed by atoms with Crippen LogP contribution in [-0.4, -0.2) is 55.0 Å². The summed E-state index contributed by atoms with van der Waals surface area (Å²) in [6, 6.07) is 4.37. The van der Waals surface area contributed by atoms with Crippen LogP contribution in [0.3, 0.4) is 0 Å². The first kappa shape index (κ1) is 15.1. The highest BCUT2D eigenvalue weighted by molar-refractivity contribution is 5.78. The number of furan rings is 1. The predicted octanol–water partition coefficient (Wildman–Crippen LogP) is 1.23. The maximum absolute atomic E-state index is 12.3. The standard InChI is InChI=1S/C15H25N3O2/c1-4-7-18(13-8-16-9-13)11-15(19)17(3)10-14-6-5-12(2)20-14/h5-6,13,16H,4,7-11H2,1-3H3. The maximum Gasteiger partial charge on any atom is 0.236 e. The molecule has 2 rings (SSSR count). The second-order valence-corrected chi connectivity index (χ2v) is 5.54. The average Bonchev–Trinajstić information content (AvgIpc) is 2.72. The minimum Gasteiger partial charge on any atom is -0.464 e. The number of carbonyl (C=O) groups is 1. The van der Waals surface area contributed by atoms with Gasteiger partial charge in [0, 0.05) is 26.2 Å². The van der Waals surface area contributed by atoms with Crippen molar-refractivity contribution in [3.05, 3.63) is 23.7 Å². The molecule has 1 saturated heterocycles. The van der Waals surface area contributed by atoms with Gasteiger partial charge in [0.1, 0.15) is 11.5 Å². The van der Waals surface area contributed by atoms with Gasteiger partial charge in [-0.3, -0.25) is 9.69 Å². The van der Waals surface area contributed by atoms with Crippen LogP contribution >= 0.6 is 0 Å². The summed E-state index contributed by atoms with van der Waals surface area (Å²) in [6.45, 7) is 8.07. The van der Waals surface area contributed by atoms with Gasteiger partial charge in [0.2, 0.25) is 5.91 Å². The molecule has 0 aliphatic carbocycles. The molecule has 0 radical (unpaired) electrons. The van der Waals surface area contributed by atoms with Crippen LogP contribution in [0.2, 0.25) is 0 Å². The number of likely N-dealkylation sites (N-methyl/N-ethyl adjacent to an activating group) is 1. The quantitative estimate of drug-likeness (QED) is 0.815. The second-order valence-electron chi connectivity index (χ2n) is 5.54. The largest absolute Gasteiger partial charge is 0.464 e. The number of nitrogens with one attached hydrogen (secondary N) is 1. The van der Waals surface area contributed by atoms with Crippen molar-refractivity contribution in [2.45, 2.75) is 32.9 Å². The van der Waals surface area contributed by atoms with E-state index in [2.05, 4.69) is 17.1 Å². The Morgan fingerprint density at radius 1 is 1.45 bits per heavy atom. The Morgan fingerprint density at radius 2 is 2.20 bits per heavy atom. The van der Waals surface area contributed by atoms with Crippen molar-refractivity contribution in [2.24, 2.45) is 0 Å². The van der Waals surface area contributed by atoms with E-state index in [1.807, 2.05) is 26.1 Å². The molecule has 0 atom stereocenters. The van der Waals surface area contributed by atoms with Gasteiger partial charge < -0.3 is 14.6 Å². The molecule has 1 aromatic rings. The highest BCUT2D eigenvalue weighted by atomic mass is 16.3. The Labute approximate surface area is 120 Å². The molecule has 5 nitrogen and oxygen atoms in total. The Kier molecular flexibility index (Phi) is 5.20. The summed E-state index contributed by atoms with van der Waals surface area (Å²) in [7, 11) is 1.84. The van der Waals surface area contributed by atoms with Crippen molar-refractivity contribution >= 4 is 5.91 Å². The van der Waals surface area contributed by atoms with Crippen molar-refractivity contribution in [1.82, 2.24) is 15.1 Å². The van der Waals surface area contributed by atoms with E-state index in [0.717, 1.165) is 37.6 Å². The average molecular weight is 279 g/mol. The number of hydrogen-bond donors (Lipinski definition) is 1. The van der Waals surface area contributed by atoms with E-state index in [0.29, 0.717) is 19.1 Å². The van der Waals surface area contributed by atoms with Crippen molar-refractivity contribution in [3.63, 3.8) is 0 Å². The van der Waals surface area contributed by atoms with Gasteiger partial charge >= 0.3 is 0 Å². The molecular formula is C15H25N3O2. The normalized spacial score (nSPS) is 15.4. The second kappa shape index (κ2) is 6.90. The van der Waals surface area contributed by atoms with Crippen molar-refractivity contribution in [2.75, 3.05) is 33.2 Å². The summed E-state index contributed by atoms with van der Waals surface area (Å²) in [6.07, 6.45) is 1.07. The smallest absolute Gasteiger partial charge is 0.236 e. The molecule has 0 aromatic carbocycles. The van der Waals surface area contributed by atoms with Gasteiger partial charge in [-0.2, -0.15) is 0 Å². The van der Waals surface area contributed by atoms with Gasteiger partial charge in [-0.25, -0.2) is 0 Å². The van der Waals surface area contributed by atoms with Gasteiger partial charge in [-0.05, 0) is 32.0 Å². The van der Waals surface area contributed by atoms with Crippen molar-refractivity contribution in [1.29, 1.82) is 0 Å². The molecule has 1 aliphatic heterocycles. The fourth-order valence-electron chi connectivity index (χ4n) is 2.40. The fraction of sp³-hybridized carbons (Fsp3) is 0.667. The SMILES string of the molecule is CCCN(CC(=O)N(C)Cc1ccc(C)o1)C1CNC1. The van der Waals surface area contributed by atoms with Gasteiger partial charge in [-0.15, -0.1) is 0 Å². The third-order valence-electron chi connectivity index (χ3n) is 3.74. The number of rotatable bonds is 7. The minimum absolute atomic E-state index is 0.152. The Balaban J connectivity index is 1.85. The number of nitrogens with zero attached hydrogens (tertiary/aromatic N) is 2. The van der Waals surface area contributed by atoms with Crippen LogP contribution in [0.4, 0.5) is 0 Å². The van der Waals surface area contributed by atoms with Crippen LogP contribution in [0.25, 0.3) is 0 Å². The van der Waals surface area contributed by atoms with Crippen LogP contribution in [0.5, 0.6) is 0 Å². The van der Waals surface area contributed by atoms with Crippen molar-refractivity contribution in [3.8, 4) is 0 Å². The molecule has 0 spiro atoms. The van der Waals surface area contributed by atoms with Crippen molar-refractivity contribution < 1.29 is 9.21 Å². The Morgan fingerprint density at radius 3 is 2.70 bits per heavy atom. The maximum atomic E-state index is 12.3. The molecule has 2 heterocycles. The lowest BCUT2D eigenvalue weighted by Crippen LogP contribution is -2.59. The summed E-state index contributed by atoms with van der Waals surface area (Å²) in [5.41, 5.74) is 0. The van der Waals surface area contributed by atoms with Gasteiger partial charge in [0.25, 0.3) is 0 Å². The molecule has 1 aromatic heterocycles. The lowest BCUT2D eigenvalue weighted by molar-refractivity contribution is -0.132. The van der Waals surface area contributed by atoms with Gasteiger partial charge in [-0.1, -0.05) is 6.92 Å². The molecule has 112 valence electrons. The summed E-state index contributed by atoms with van der Waals surface area (Å²) in [5.74, 6) is 1.87. The molecule has 1 aliphatic rings. The lowest BCUT2D eigenvalue weighted by Gasteiger charge is -2.38. The molecule has 0 bridgehead atoms. The van der Waals surface area contributed by atoms with Crippen LogP contribution < -0.4 is 5.32 Å². The molecule has 1 fully saturated rings. The van der Waals surface area contributed by atoms with Gasteiger partial charge in [0.15, 0.2) is 0 Å². The van der Waals surface area contributed by atoms with Crippen LogP contribution in [0, 0.1) is 6.92 Å². The highest BCUT2D eigenvalue weighted by Crippen LogP contribution is 2.10. The number of carbonyl (C=O) groups excluding carboxylic acids is 1. The first-order chi connectivity index (χ1) is 9.60. The Bertz CT molecular complexity index is 440. The molecule has 0 saturated carbocycles. The summed E-state index contributed by atoms with van der Waals surface area (Å²) in [4.78, 5) is 16.3. The molecule has 5 heteroatoms. The molecule has 1 amide bonds. The monoisotopic (exact) mass is 279 g/mol. The fourth-order valence-corrected chi connectivity index (χ4v) is 2.40. The third kappa shape index (κ3) is 3.84. The van der Waals surface area contributed by atoms with E-state index in [9.17, 15) is 4.79 Å². The molecule has 1 N–H and O–H groups in total. The van der Waals surface area contributed by atoms with Crippen LogP contribution in [0.1, 0.15) is 24.9 Å². The number of amides is 1. The van der Waals surface area contributed by atoms with E-state index in [-0.39, 0.29) is 5.91 Å². The number of aryl methyl sites for hydroxylation is 1. The van der Waals surface area contributed by atoms with Gasteiger partial charge in [0.05, 0.1) is 13.1 Å². The van der Waals surface area contributed by atoms with E-state index in [1.165, 1.54) is 0 Å². The summed E-state index contributed by atoms with van der Waals surface area (Å²) in [5, 5.41) is 3.26.